The van der Waals surface area contributed by atoms with Gasteiger partial charge in [0.1, 0.15) is 23.0 Å². The van der Waals surface area contributed by atoms with Crippen LogP contribution in [-0.2, 0) is 16.1 Å². The van der Waals surface area contributed by atoms with E-state index in [9.17, 15) is 14.0 Å². The highest BCUT2D eigenvalue weighted by Crippen LogP contribution is 2.36. The Morgan fingerprint density at radius 2 is 1.81 bits per heavy atom. The quantitative estimate of drug-likeness (QED) is 0.557. The zero-order valence-corrected chi connectivity index (χ0v) is 17.7. The summed E-state index contributed by atoms with van der Waals surface area (Å²) in [6.45, 7) is -0.163. The van der Waals surface area contributed by atoms with Gasteiger partial charge in [-0.25, -0.2) is 4.39 Å². The lowest BCUT2D eigenvalue weighted by molar-refractivity contribution is -0.137. The van der Waals surface area contributed by atoms with Crippen molar-refractivity contribution in [3.8, 4) is 11.5 Å². The molecule has 0 saturated heterocycles. The molecule has 0 aliphatic carbocycles. The molecule has 0 saturated carbocycles. The van der Waals surface area contributed by atoms with E-state index in [1.165, 1.54) is 24.5 Å². The molecule has 0 bridgehead atoms. The third kappa shape index (κ3) is 3.89. The Balaban J connectivity index is 1.74. The minimum atomic E-state index is -0.533. The molecule has 1 N–H and O–H groups in total. The molecule has 0 radical (unpaired) electrons. The van der Waals surface area contributed by atoms with E-state index < -0.39 is 17.6 Å². The minimum absolute atomic E-state index is 0.118. The summed E-state index contributed by atoms with van der Waals surface area (Å²) in [5.41, 5.74) is 1.13. The zero-order chi connectivity index (χ0) is 22.0. The number of methoxy groups -OCH3 is 2. The average Bonchev–Trinajstić information content (AvgIpc) is 3.38. The fourth-order valence-electron chi connectivity index (χ4n) is 3.32. The Morgan fingerprint density at radius 3 is 2.48 bits per heavy atom. The van der Waals surface area contributed by atoms with Gasteiger partial charge in [-0.1, -0.05) is 24.3 Å². The highest BCUT2D eigenvalue weighted by Gasteiger charge is 2.40. The summed E-state index contributed by atoms with van der Waals surface area (Å²) in [6, 6.07) is 14.7. The number of anilines is 1. The van der Waals surface area contributed by atoms with Crippen LogP contribution in [0.15, 0.2) is 65.7 Å². The van der Waals surface area contributed by atoms with Gasteiger partial charge in [0.2, 0.25) is 0 Å². The minimum Gasteiger partial charge on any atom is -0.497 e. The number of hydrogen-bond donors (Lipinski definition) is 1. The van der Waals surface area contributed by atoms with Gasteiger partial charge in [-0.05, 0) is 29.6 Å². The van der Waals surface area contributed by atoms with E-state index in [2.05, 4.69) is 5.32 Å². The van der Waals surface area contributed by atoms with Crippen LogP contribution in [-0.4, -0.2) is 30.9 Å². The third-order valence-corrected chi connectivity index (χ3v) is 5.78. The lowest BCUT2D eigenvalue weighted by Gasteiger charge is -2.16. The lowest BCUT2D eigenvalue weighted by atomic mass is 10.1. The largest absolute Gasteiger partial charge is 0.497 e. The number of ether oxygens (including phenoxy) is 2. The topological polar surface area (TPSA) is 67.9 Å². The van der Waals surface area contributed by atoms with E-state index in [-0.39, 0.29) is 23.4 Å². The van der Waals surface area contributed by atoms with Crippen molar-refractivity contribution in [2.24, 2.45) is 0 Å². The monoisotopic (exact) mass is 438 g/mol. The Kier molecular flexibility index (Phi) is 5.73. The molecule has 1 aromatic heterocycles. The molecule has 3 aromatic rings. The molecule has 0 atom stereocenters. The van der Waals surface area contributed by atoms with Crippen molar-refractivity contribution >= 4 is 34.4 Å². The van der Waals surface area contributed by atoms with Gasteiger partial charge in [-0.3, -0.25) is 14.5 Å². The van der Waals surface area contributed by atoms with Gasteiger partial charge < -0.3 is 14.8 Å². The first-order valence-electron chi connectivity index (χ1n) is 9.40. The number of imide groups is 1. The second-order valence-electron chi connectivity index (χ2n) is 6.71. The van der Waals surface area contributed by atoms with Crippen molar-refractivity contribution in [2.75, 3.05) is 19.5 Å². The molecule has 0 unspecified atom stereocenters. The summed E-state index contributed by atoms with van der Waals surface area (Å²) < 4.78 is 24.8. The molecule has 0 spiro atoms. The van der Waals surface area contributed by atoms with Gasteiger partial charge in [0, 0.05) is 16.5 Å². The number of carbonyl (C=O) groups excluding carboxylic acids is 2. The second-order valence-corrected chi connectivity index (χ2v) is 7.65. The smallest absolute Gasteiger partial charge is 0.278 e. The molecule has 1 aliphatic heterocycles. The molecule has 2 heterocycles. The second kappa shape index (κ2) is 8.61. The molecule has 0 fully saturated rings. The van der Waals surface area contributed by atoms with Gasteiger partial charge in [0.15, 0.2) is 0 Å². The molecule has 31 heavy (non-hydrogen) atoms. The summed E-state index contributed by atoms with van der Waals surface area (Å²) in [5, 5.41) is 4.89. The van der Waals surface area contributed by atoms with Crippen molar-refractivity contribution in [1.29, 1.82) is 0 Å². The summed E-state index contributed by atoms with van der Waals surface area (Å²) in [7, 11) is 3.04. The Morgan fingerprint density at radius 1 is 1.00 bits per heavy atom. The van der Waals surface area contributed by atoms with E-state index in [1.54, 1.807) is 55.6 Å². The number of amides is 2. The summed E-state index contributed by atoms with van der Waals surface area (Å²) in [4.78, 5) is 28.2. The SMILES string of the molecule is COc1ccc(NC2=C(c3cccs3)C(=O)N(Cc3ccccc3F)C2=O)c(OC)c1. The first-order chi connectivity index (χ1) is 15.0. The molecular weight excluding hydrogens is 419 g/mol. The van der Waals surface area contributed by atoms with E-state index in [0.717, 1.165) is 4.90 Å². The zero-order valence-electron chi connectivity index (χ0n) is 16.8. The maximum atomic E-state index is 14.2. The Labute approximate surface area is 182 Å². The van der Waals surface area contributed by atoms with Crippen LogP contribution in [0.2, 0.25) is 0 Å². The van der Waals surface area contributed by atoms with Crippen LogP contribution in [0.25, 0.3) is 5.57 Å². The van der Waals surface area contributed by atoms with Crippen molar-refractivity contribution in [2.45, 2.75) is 6.54 Å². The number of thiophene rings is 1. The number of nitrogens with zero attached hydrogens (tertiary/aromatic N) is 1. The van der Waals surface area contributed by atoms with Crippen molar-refractivity contribution in [3.63, 3.8) is 0 Å². The lowest BCUT2D eigenvalue weighted by Crippen LogP contribution is -2.32. The van der Waals surface area contributed by atoms with Crippen molar-refractivity contribution in [3.05, 3.63) is 81.9 Å². The van der Waals surface area contributed by atoms with E-state index >= 15 is 0 Å². The number of carbonyl (C=O) groups is 2. The Bertz CT molecular complexity index is 1170. The standard InChI is InChI=1S/C23H19FN2O4S/c1-29-15-9-10-17(18(12-15)30-2)25-21-20(19-8-5-11-31-19)22(27)26(23(21)28)13-14-6-3-4-7-16(14)24/h3-12,25H,13H2,1-2H3. The van der Waals surface area contributed by atoms with Crippen LogP contribution in [0.5, 0.6) is 11.5 Å². The van der Waals surface area contributed by atoms with Crippen LogP contribution in [0.3, 0.4) is 0 Å². The number of nitrogens with one attached hydrogen (secondary N) is 1. The average molecular weight is 438 g/mol. The fraction of sp³-hybridized carbons (Fsp3) is 0.130. The van der Waals surface area contributed by atoms with Crippen molar-refractivity contribution < 1.29 is 23.5 Å². The predicted octanol–water partition coefficient (Wildman–Crippen LogP) is 4.30. The normalized spacial score (nSPS) is 13.7. The van der Waals surface area contributed by atoms with Gasteiger partial charge in [-0.2, -0.15) is 0 Å². The molecule has 4 rings (SSSR count). The van der Waals surface area contributed by atoms with Crippen LogP contribution < -0.4 is 14.8 Å². The molecule has 1 aliphatic rings. The molecule has 158 valence electrons. The first kappa shape index (κ1) is 20.6. The van der Waals surface area contributed by atoms with E-state index in [0.29, 0.717) is 22.1 Å². The van der Waals surface area contributed by atoms with Gasteiger partial charge >= 0.3 is 0 Å². The molecule has 8 heteroatoms. The molecule has 2 aromatic carbocycles. The van der Waals surface area contributed by atoms with Gasteiger partial charge in [0.25, 0.3) is 11.8 Å². The van der Waals surface area contributed by atoms with Crippen LogP contribution in [0.4, 0.5) is 10.1 Å². The van der Waals surface area contributed by atoms with E-state index in [4.69, 9.17) is 9.47 Å². The molecular formula is C23H19FN2O4S. The summed E-state index contributed by atoms with van der Waals surface area (Å²) in [5.74, 6) is -0.450. The van der Waals surface area contributed by atoms with Gasteiger partial charge in [0.05, 0.1) is 32.0 Å². The maximum Gasteiger partial charge on any atom is 0.278 e. The van der Waals surface area contributed by atoms with E-state index in [1.807, 2.05) is 5.38 Å². The van der Waals surface area contributed by atoms with Gasteiger partial charge in [-0.15, -0.1) is 11.3 Å². The summed E-state index contributed by atoms with van der Waals surface area (Å²) in [6.07, 6.45) is 0. The van der Waals surface area contributed by atoms with Crippen LogP contribution in [0.1, 0.15) is 10.4 Å². The Hall–Kier alpha value is -3.65. The third-order valence-electron chi connectivity index (χ3n) is 4.89. The van der Waals surface area contributed by atoms with Crippen molar-refractivity contribution in [1.82, 2.24) is 4.90 Å². The van der Waals surface area contributed by atoms with Crippen LogP contribution in [0, 0.1) is 5.82 Å². The summed E-state index contributed by atoms with van der Waals surface area (Å²) >= 11 is 1.34. The predicted molar refractivity (Wildman–Crippen MR) is 116 cm³/mol. The molecule has 6 nitrogen and oxygen atoms in total. The maximum absolute atomic E-state index is 14.2. The number of rotatable bonds is 7. The molecule has 2 amide bonds. The highest BCUT2D eigenvalue weighted by molar-refractivity contribution is 7.11. The number of benzene rings is 2. The number of halogens is 1. The first-order valence-corrected chi connectivity index (χ1v) is 10.3. The van der Waals surface area contributed by atoms with Crippen LogP contribution >= 0.6 is 11.3 Å². The fourth-order valence-corrected chi connectivity index (χ4v) is 4.09. The highest BCUT2D eigenvalue weighted by atomic mass is 32.1. The number of hydrogen-bond acceptors (Lipinski definition) is 6.